The van der Waals surface area contributed by atoms with E-state index >= 15 is 0 Å². The number of carbonyl (C=O) groups excluding carboxylic acids is 1. The predicted octanol–water partition coefficient (Wildman–Crippen LogP) is 3.18. The molecule has 0 saturated heterocycles. The fourth-order valence-corrected chi connectivity index (χ4v) is 2.73. The largest absolute Gasteiger partial charge is 0.493 e. The first-order valence-corrected chi connectivity index (χ1v) is 6.56. The first-order valence-electron chi connectivity index (χ1n) is 5.77. The molecule has 18 heavy (non-hydrogen) atoms. The Hall–Kier alpha value is -1.32. The molecule has 1 fully saturated rings. The van der Waals surface area contributed by atoms with Crippen molar-refractivity contribution in [2.45, 2.75) is 25.3 Å². The lowest BCUT2D eigenvalue weighted by Crippen LogP contribution is -2.09. The van der Waals surface area contributed by atoms with Crippen LogP contribution in [0.4, 0.5) is 0 Å². The van der Waals surface area contributed by atoms with Gasteiger partial charge in [0.2, 0.25) is 6.08 Å². The van der Waals surface area contributed by atoms with Gasteiger partial charge in [-0.15, -0.1) is 0 Å². The van der Waals surface area contributed by atoms with Crippen LogP contribution >= 0.6 is 15.9 Å². The lowest BCUT2D eigenvalue weighted by molar-refractivity contribution is 0.304. The summed E-state index contributed by atoms with van der Waals surface area (Å²) >= 11 is 3.50. The number of hydrogen-bond acceptors (Lipinski definition) is 4. The van der Waals surface area contributed by atoms with Gasteiger partial charge in [-0.3, -0.25) is 0 Å². The zero-order valence-corrected chi connectivity index (χ0v) is 11.9. The molecule has 0 unspecified atom stereocenters. The van der Waals surface area contributed by atoms with Crippen molar-refractivity contribution in [3.63, 3.8) is 0 Å². The van der Waals surface area contributed by atoms with Crippen LogP contribution in [0.15, 0.2) is 21.6 Å². The van der Waals surface area contributed by atoms with Crippen molar-refractivity contribution in [3.05, 3.63) is 22.2 Å². The van der Waals surface area contributed by atoms with Crippen LogP contribution < -0.4 is 9.47 Å². The number of ether oxygens (including phenoxy) is 2. The Labute approximate surface area is 114 Å². The zero-order valence-electron chi connectivity index (χ0n) is 10.3. The van der Waals surface area contributed by atoms with Crippen LogP contribution in [0.5, 0.6) is 11.5 Å². The summed E-state index contributed by atoms with van der Waals surface area (Å²) in [4.78, 5) is 14.5. The first-order chi connectivity index (χ1) is 8.68. The Balaban J connectivity index is 2.60. The van der Waals surface area contributed by atoms with Gasteiger partial charge in [0, 0.05) is 10.0 Å². The number of aliphatic imine (C=N–C) groups is 1. The number of halogens is 1. The van der Waals surface area contributed by atoms with E-state index in [4.69, 9.17) is 9.47 Å². The summed E-state index contributed by atoms with van der Waals surface area (Å²) in [5, 5.41) is 0. The van der Waals surface area contributed by atoms with Crippen LogP contribution in [0.3, 0.4) is 0 Å². The van der Waals surface area contributed by atoms with Gasteiger partial charge in [-0.2, -0.15) is 4.99 Å². The van der Waals surface area contributed by atoms with Crippen LogP contribution in [0.1, 0.15) is 25.3 Å². The molecule has 1 aliphatic rings. The second-order valence-corrected chi connectivity index (χ2v) is 4.98. The molecule has 4 nitrogen and oxygen atoms in total. The molecular formula is C13H14BrNO3. The van der Waals surface area contributed by atoms with Gasteiger partial charge in [0.1, 0.15) is 5.54 Å². The molecule has 0 radical (unpaired) electrons. The number of hydrogen-bond donors (Lipinski definition) is 0. The predicted molar refractivity (Wildman–Crippen MR) is 70.9 cm³/mol. The third kappa shape index (κ3) is 2.16. The van der Waals surface area contributed by atoms with Gasteiger partial charge in [0.05, 0.1) is 13.7 Å². The molecule has 1 aromatic rings. The van der Waals surface area contributed by atoms with Gasteiger partial charge >= 0.3 is 0 Å². The van der Waals surface area contributed by atoms with E-state index in [-0.39, 0.29) is 0 Å². The maximum Gasteiger partial charge on any atom is 0.235 e. The molecule has 0 atom stereocenters. The van der Waals surface area contributed by atoms with Crippen LogP contribution in [0, 0.1) is 0 Å². The number of nitrogens with zero attached hydrogens (tertiary/aromatic N) is 1. The van der Waals surface area contributed by atoms with E-state index in [0.717, 1.165) is 22.9 Å². The highest BCUT2D eigenvalue weighted by Crippen LogP contribution is 2.56. The second-order valence-electron chi connectivity index (χ2n) is 4.12. The molecule has 96 valence electrons. The number of isocyanates is 1. The average molecular weight is 312 g/mol. The Kier molecular flexibility index (Phi) is 3.73. The summed E-state index contributed by atoms with van der Waals surface area (Å²) < 4.78 is 11.9. The second kappa shape index (κ2) is 5.12. The smallest absolute Gasteiger partial charge is 0.235 e. The number of rotatable bonds is 5. The molecule has 1 aliphatic carbocycles. The lowest BCUT2D eigenvalue weighted by atomic mass is 10.0. The van der Waals surface area contributed by atoms with Crippen molar-refractivity contribution in [2.75, 3.05) is 13.7 Å². The Morgan fingerprint density at radius 3 is 2.72 bits per heavy atom. The SMILES string of the molecule is CCOc1c(OC)ccc(Br)c1C1(N=C=O)CC1. The van der Waals surface area contributed by atoms with E-state index in [0.29, 0.717) is 18.1 Å². The quantitative estimate of drug-likeness (QED) is 0.620. The topological polar surface area (TPSA) is 47.9 Å². The summed E-state index contributed by atoms with van der Waals surface area (Å²) in [6.45, 7) is 2.44. The van der Waals surface area contributed by atoms with Crippen molar-refractivity contribution in [1.82, 2.24) is 0 Å². The standard InChI is InChI=1S/C13H14BrNO3/c1-3-18-12-10(17-2)5-4-9(14)11(12)13(6-7-13)15-8-16/h4-5H,3,6-7H2,1-2H3. The minimum absolute atomic E-state index is 0.486. The highest BCUT2D eigenvalue weighted by atomic mass is 79.9. The van der Waals surface area contributed by atoms with Gasteiger partial charge in [-0.05, 0) is 31.9 Å². The van der Waals surface area contributed by atoms with E-state index in [9.17, 15) is 4.79 Å². The average Bonchev–Trinajstić information content (AvgIpc) is 3.11. The van der Waals surface area contributed by atoms with E-state index in [1.54, 1.807) is 13.2 Å². The van der Waals surface area contributed by atoms with Gasteiger partial charge in [-0.1, -0.05) is 15.9 Å². The molecule has 1 saturated carbocycles. The van der Waals surface area contributed by atoms with Gasteiger partial charge in [0.15, 0.2) is 11.5 Å². The zero-order chi connectivity index (χ0) is 13.2. The molecule has 0 spiro atoms. The molecule has 1 aromatic carbocycles. The molecule has 0 aliphatic heterocycles. The van der Waals surface area contributed by atoms with Crippen LogP contribution in [-0.4, -0.2) is 19.8 Å². The highest BCUT2D eigenvalue weighted by molar-refractivity contribution is 9.10. The van der Waals surface area contributed by atoms with E-state index in [1.165, 1.54) is 0 Å². The monoisotopic (exact) mass is 311 g/mol. The third-order valence-corrected chi connectivity index (χ3v) is 3.69. The normalized spacial score (nSPS) is 15.7. The highest BCUT2D eigenvalue weighted by Gasteiger charge is 2.48. The lowest BCUT2D eigenvalue weighted by Gasteiger charge is -2.19. The number of methoxy groups -OCH3 is 1. The van der Waals surface area contributed by atoms with Crippen LogP contribution in [0.2, 0.25) is 0 Å². The minimum Gasteiger partial charge on any atom is -0.493 e. The fourth-order valence-electron chi connectivity index (χ4n) is 2.04. The molecule has 0 bridgehead atoms. The molecular weight excluding hydrogens is 298 g/mol. The van der Waals surface area contributed by atoms with Gasteiger partial charge in [-0.25, -0.2) is 4.79 Å². The van der Waals surface area contributed by atoms with Gasteiger partial charge in [0.25, 0.3) is 0 Å². The Morgan fingerprint density at radius 1 is 1.50 bits per heavy atom. The number of benzene rings is 1. The summed E-state index contributed by atoms with van der Waals surface area (Å²) in [7, 11) is 1.60. The minimum atomic E-state index is -0.486. The van der Waals surface area contributed by atoms with Gasteiger partial charge < -0.3 is 9.47 Å². The molecule has 0 amide bonds. The summed E-state index contributed by atoms with van der Waals surface area (Å²) in [6.07, 6.45) is 3.32. The van der Waals surface area contributed by atoms with Crippen molar-refractivity contribution < 1.29 is 14.3 Å². The molecule has 5 heteroatoms. The Morgan fingerprint density at radius 2 is 2.22 bits per heavy atom. The summed E-state index contributed by atoms with van der Waals surface area (Å²) in [5.41, 5.74) is 0.395. The maximum absolute atomic E-state index is 10.6. The first kappa shape index (κ1) is 13.1. The van der Waals surface area contributed by atoms with Crippen molar-refractivity contribution in [1.29, 1.82) is 0 Å². The van der Waals surface area contributed by atoms with E-state index in [1.807, 2.05) is 19.1 Å². The fraction of sp³-hybridized carbons (Fsp3) is 0.462. The molecule has 0 N–H and O–H groups in total. The van der Waals surface area contributed by atoms with Crippen molar-refractivity contribution in [3.8, 4) is 11.5 Å². The third-order valence-electron chi connectivity index (χ3n) is 3.03. The molecule has 2 rings (SSSR count). The van der Waals surface area contributed by atoms with Crippen molar-refractivity contribution >= 4 is 22.0 Å². The molecule has 0 heterocycles. The maximum atomic E-state index is 10.6. The van der Waals surface area contributed by atoms with Crippen molar-refractivity contribution in [2.24, 2.45) is 4.99 Å². The van der Waals surface area contributed by atoms with E-state index in [2.05, 4.69) is 20.9 Å². The summed E-state index contributed by atoms with van der Waals surface area (Å²) in [6, 6.07) is 3.72. The van der Waals surface area contributed by atoms with E-state index < -0.39 is 5.54 Å². The Bertz CT molecular complexity index is 505. The summed E-state index contributed by atoms with van der Waals surface area (Å²) in [5.74, 6) is 1.31. The van der Waals surface area contributed by atoms with Crippen LogP contribution in [-0.2, 0) is 10.3 Å². The van der Waals surface area contributed by atoms with Crippen LogP contribution in [0.25, 0.3) is 0 Å². The molecule has 0 aromatic heterocycles.